The number of hydrogen-bond donors (Lipinski definition) is 3. The lowest BCUT2D eigenvalue weighted by Crippen LogP contribution is -2.44. The quantitative estimate of drug-likeness (QED) is 0.501. The van der Waals surface area contributed by atoms with Crippen molar-refractivity contribution >= 4 is 18.0 Å². The van der Waals surface area contributed by atoms with E-state index in [1.165, 1.54) is 0 Å². The van der Waals surface area contributed by atoms with Crippen LogP contribution in [-0.2, 0) is 14.3 Å². The molecule has 7 nitrogen and oxygen atoms in total. The Morgan fingerprint density at radius 2 is 1.61 bits per heavy atom. The molecule has 1 aliphatic rings. The van der Waals surface area contributed by atoms with Crippen LogP contribution in [0.25, 0.3) is 11.1 Å². The van der Waals surface area contributed by atoms with E-state index in [0.717, 1.165) is 22.3 Å². The highest BCUT2D eigenvalue weighted by molar-refractivity contribution is 5.80. The first-order valence-corrected chi connectivity index (χ1v) is 10.7. The van der Waals surface area contributed by atoms with E-state index in [0.29, 0.717) is 0 Å². The molecule has 0 saturated heterocycles. The molecule has 3 rings (SSSR count). The Kier molecular flexibility index (Phi) is 7.97. The maximum Gasteiger partial charge on any atom is 0.407 e. The minimum Gasteiger partial charge on any atom is -0.481 e. The number of amides is 2. The van der Waals surface area contributed by atoms with Crippen LogP contribution >= 0.6 is 0 Å². The maximum absolute atomic E-state index is 13.4. The van der Waals surface area contributed by atoms with Crippen LogP contribution in [-0.4, -0.2) is 48.7 Å². The molecule has 0 spiro atoms. The van der Waals surface area contributed by atoms with Crippen molar-refractivity contribution in [3.63, 3.8) is 0 Å². The Morgan fingerprint density at radius 1 is 1.03 bits per heavy atom. The summed E-state index contributed by atoms with van der Waals surface area (Å²) in [5, 5.41) is 13.4. The van der Waals surface area contributed by atoms with Crippen molar-refractivity contribution in [3.05, 3.63) is 59.7 Å². The molecule has 2 unspecified atom stereocenters. The van der Waals surface area contributed by atoms with Gasteiger partial charge in [0.15, 0.2) is 0 Å². The van der Waals surface area contributed by atoms with Gasteiger partial charge in [-0.1, -0.05) is 55.5 Å². The van der Waals surface area contributed by atoms with E-state index >= 15 is 0 Å². The van der Waals surface area contributed by atoms with E-state index in [-0.39, 0.29) is 25.5 Å². The van der Waals surface area contributed by atoms with Crippen molar-refractivity contribution in [1.82, 2.24) is 10.6 Å². The van der Waals surface area contributed by atoms with E-state index in [1.807, 2.05) is 48.5 Å². The number of aliphatic carboxylic acids is 1. The summed E-state index contributed by atoms with van der Waals surface area (Å²) in [7, 11) is 0. The van der Waals surface area contributed by atoms with Crippen LogP contribution in [0.5, 0.6) is 0 Å². The van der Waals surface area contributed by atoms with Gasteiger partial charge in [-0.15, -0.1) is 0 Å². The van der Waals surface area contributed by atoms with Crippen LogP contribution in [0.2, 0.25) is 0 Å². The summed E-state index contributed by atoms with van der Waals surface area (Å²) < 4.78 is 32.1. The minimum atomic E-state index is -3.00. The second-order valence-electron chi connectivity index (χ2n) is 7.86. The predicted octanol–water partition coefficient (Wildman–Crippen LogP) is 3.78. The van der Waals surface area contributed by atoms with Gasteiger partial charge < -0.3 is 20.5 Å². The van der Waals surface area contributed by atoms with Crippen molar-refractivity contribution in [2.24, 2.45) is 5.92 Å². The van der Waals surface area contributed by atoms with Gasteiger partial charge >= 0.3 is 12.1 Å². The van der Waals surface area contributed by atoms with Crippen LogP contribution in [0.4, 0.5) is 13.6 Å². The number of carbonyl (C=O) groups excluding carboxylic acids is 2. The number of nitrogens with one attached hydrogen (secondary N) is 2. The molecule has 2 aromatic rings. The molecule has 1 aliphatic carbocycles. The van der Waals surface area contributed by atoms with Gasteiger partial charge in [-0.3, -0.25) is 9.59 Å². The molecule has 3 N–H and O–H groups in total. The lowest BCUT2D eigenvalue weighted by Gasteiger charge is -2.19. The summed E-state index contributed by atoms with van der Waals surface area (Å²) in [5.74, 6) is -2.90. The van der Waals surface area contributed by atoms with E-state index < -0.39 is 42.8 Å². The van der Waals surface area contributed by atoms with Crippen LogP contribution in [0, 0.1) is 5.92 Å². The number of alkyl halides is 2. The summed E-state index contributed by atoms with van der Waals surface area (Å²) in [5.41, 5.74) is 4.05. The standard InChI is InChI=1S/C24H26F2N2O5/c1-2-14(23(30)31)12-27-21(29)11-20(22(25)26)28-24(32)33-13-19-17-9-5-3-7-15(17)16-8-4-6-10-18(16)19/h3-10,14,19-20,22H,2,11-13H2,1H3,(H,27,29)(H,28,32)(H,30,31). The zero-order chi connectivity index (χ0) is 24.0. The number of alkyl carbamates (subject to hydrolysis) is 1. The van der Waals surface area contributed by atoms with Crippen molar-refractivity contribution < 1.29 is 33.0 Å². The fourth-order valence-electron chi connectivity index (χ4n) is 3.91. The molecule has 0 aliphatic heterocycles. The van der Waals surface area contributed by atoms with Gasteiger partial charge in [0.05, 0.1) is 12.3 Å². The number of ether oxygens (including phenoxy) is 1. The normalized spacial score (nSPS) is 14.2. The third-order valence-corrected chi connectivity index (χ3v) is 5.74. The molecule has 2 atom stereocenters. The van der Waals surface area contributed by atoms with Gasteiger partial charge in [0.2, 0.25) is 5.91 Å². The molecular formula is C24H26F2N2O5. The second-order valence-corrected chi connectivity index (χ2v) is 7.86. The highest BCUT2D eigenvalue weighted by Crippen LogP contribution is 2.44. The smallest absolute Gasteiger partial charge is 0.407 e. The fraction of sp³-hybridized carbons (Fsp3) is 0.375. The van der Waals surface area contributed by atoms with Gasteiger partial charge in [-0.2, -0.15) is 0 Å². The van der Waals surface area contributed by atoms with Gasteiger partial charge in [0.25, 0.3) is 6.43 Å². The Balaban J connectivity index is 1.56. The monoisotopic (exact) mass is 460 g/mol. The lowest BCUT2D eigenvalue weighted by atomic mass is 9.98. The molecule has 2 aromatic carbocycles. The number of halogens is 2. The lowest BCUT2D eigenvalue weighted by molar-refractivity contribution is -0.141. The first-order chi connectivity index (χ1) is 15.8. The average molecular weight is 460 g/mol. The van der Waals surface area contributed by atoms with E-state index in [1.54, 1.807) is 6.92 Å². The van der Waals surface area contributed by atoms with Gasteiger partial charge in [-0.25, -0.2) is 13.6 Å². The van der Waals surface area contributed by atoms with Crippen molar-refractivity contribution in [1.29, 1.82) is 0 Å². The zero-order valence-electron chi connectivity index (χ0n) is 18.1. The van der Waals surface area contributed by atoms with Crippen molar-refractivity contribution in [2.75, 3.05) is 13.2 Å². The van der Waals surface area contributed by atoms with Gasteiger partial charge in [-0.05, 0) is 28.7 Å². The summed E-state index contributed by atoms with van der Waals surface area (Å²) in [6, 6.07) is 13.7. The fourth-order valence-corrected chi connectivity index (χ4v) is 3.91. The summed E-state index contributed by atoms with van der Waals surface area (Å²) in [4.78, 5) is 35.2. The zero-order valence-corrected chi connectivity index (χ0v) is 18.1. The largest absolute Gasteiger partial charge is 0.481 e. The SMILES string of the molecule is CCC(CNC(=O)CC(NC(=O)OCC1c2ccccc2-c2ccccc21)C(F)F)C(=O)O. The topological polar surface area (TPSA) is 105 Å². The van der Waals surface area contributed by atoms with Crippen molar-refractivity contribution in [2.45, 2.75) is 38.2 Å². The predicted molar refractivity (Wildman–Crippen MR) is 117 cm³/mol. The first-order valence-electron chi connectivity index (χ1n) is 10.7. The molecule has 0 fully saturated rings. The minimum absolute atomic E-state index is 0.0429. The highest BCUT2D eigenvalue weighted by Gasteiger charge is 2.30. The van der Waals surface area contributed by atoms with Crippen LogP contribution in [0.3, 0.4) is 0 Å². The van der Waals surface area contributed by atoms with Crippen LogP contribution < -0.4 is 10.6 Å². The Morgan fingerprint density at radius 3 is 2.12 bits per heavy atom. The highest BCUT2D eigenvalue weighted by atomic mass is 19.3. The number of rotatable bonds is 10. The number of carboxylic acid groups (broad SMARTS) is 1. The third-order valence-electron chi connectivity index (χ3n) is 5.74. The molecule has 0 saturated carbocycles. The molecule has 33 heavy (non-hydrogen) atoms. The number of hydrogen-bond acceptors (Lipinski definition) is 4. The molecule has 2 amide bonds. The van der Waals surface area contributed by atoms with Gasteiger partial charge in [0.1, 0.15) is 12.6 Å². The van der Waals surface area contributed by atoms with E-state index in [4.69, 9.17) is 9.84 Å². The first kappa shape index (κ1) is 24.2. The number of fused-ring (bicyclic) bond motifs is 3. The van der Waals surface area contributed by atoms with Gasteiger partial charge in [0, 0.05) is 12.5 Å². The molecule has 9 heteroatoms. The Hall–Kier alpha value is -3.49. The second kappa shape index (κ2) is 10.9. The third kappa shape index (κ3) is 5.85. The molecule has 0 aromatic heterocycles. The molecule has 0 heterocycles. The Bertz CT molecular complexity index is 968. The summed E-state index contributed by atoms with van der Waals surface area (Å²) >= 11 is 0. The summed E-state index contributed by atoms with van der Waals surface area (Å²) in [6.07, 6.45) is -4.46. The number of carbonyl (C=O) groups is 3. The number of benzene rings is 2. The van der Waals surface area contributed by atoms with Crippen molar-refractivity contribution in [3.8, 4) is 11.1 Å². The van der Waals surface area contributed by atoms with Crippen LogP contribution in [0.15, 0.2) is 48.5 Å². The number of carboxylic acids is 1. The molecular weight excluding hydrogens is 434 g/mol. The molecule has 0 bridgehead atoms. The Labute approximate surface area is 190 Å². The van der Waals surface area contributed by atoms with Crippen LogP contribution in [0.1, 0.15) is 36.8 Å². The molecule has 0 radical (unpaired) electrons. The summed E-state index contributed by atoms with van der Waals surface area (Å²) in [6.45, 7) is 1.43. The average Bonchev–Trinajstić information content (AvgIpc) is 3.11. The molecule has 176 valence electrons. The maximum atomic E-state index is 13.4. The van der Waals surface area contributed by atoms with E-state index in [2.05, 4.69) is 10.6 Å². The van der Waals surface area contributed by atoms with E-state index in [9.17, 15) is 23.2 Å².